The third-order valence-corrected chi connectivity index (χ3v) is 2.26. The molecule has 0 spiro atoms. The topological polar surface area (TPSA) is 84.8 Å². The lowest BCUT2D eigenvalue weighted by Gasteiger charge is -1.99. The second-order valence-electron chi connectivity index (χ2n) is 3.54. The maximum atomic E-state index is 10.4. The molecule has 1 aromatic heterocycles. The SMILES string of the molecule is N#CCCCCCCn1cc([N+](=O)[O-])cn1. The van der Waals surface area contributed by atoms with E-state index in [0.717, 1.165) is 25.7 Å². The molecule has 6 heteroatoms. The van der Waals surface area contributed by atoms with E-state index >= 15 is 0 Å². The minimum atomic E-state index is -0.448. The Morgan fingerprint density at radius 2 is 2.19 bits per heavy atom. The number of aryl methyl sites for hydroxylation is 1. The summed E-state index contributed by atoms with van der Waals surface area (Å²) in [5.74, 6) is 0. The standard InChI is InChI=1S/C10H14N4O2/c11-6-4-2-1-3-5-7-13-9-10(8-12-13)14(15)16/h8-9H,1-5,7H2. The molecule has 0 radical (unpaired) electrons. The largest absolute Gasteiger partial charge is 0.306 e. The zero-order valence-electron chi connectivity index (χ0n) is 9.00. The molecule has 0 unspecified atom stereocenters. The molecule has 0 aliphatic rings. The van der Waals surface area contributed by atoms with Crippen LogP contribution in [0.4, 0.5) is 5.69 Å². The number of hydrogen-bond donors (Lipinski definition) is 0. The Balaban J connectivity index is 2.17. The van der Waals surface area contributed by atoms with Gasteiger partial charge in [-0.05, 0) is 12.8 Å². The molecule has 86 valence electrons. The van der Waals surface area contributed by atoms with Crippen molar-refractivity contribution in [1.29, 1.82) is 5.26 Å². The van der Waals surface area contributed by atoms with E-state index in [1.165, 1.54) is 12.4 Å². The fourth-order valence-electron chi connectivity index (χ4n) is 1.40. The van der Waals surface area contributed by atoms with Crippen LogP contribution in [0.1, 0.15) is 32.1 Å². The Morgan fingerprint density at radius 1 is 1.44 bits per heavy atom. The molecule has 1 heterocycles. The van der Waals surface area contributed by atoms with Crippen LogP contribution < -0.4 is 0 Å². The zero-order chi connectivity index (χ0) is 11.8. The third kappa shape index (κ3) is 4.09. The lowest BCUT2D eigenvalue weighted by molar-refractivity contribution is -0.385. The van der Waals surface area contributed by atoms with E-state index in [1.807, 2.05) is 0 Å². The van der Waals surface area contributed by atoms with Gasteiger partial charge in [-0.25, -0.2) is 0 Å². The maximum absolute atomic E-state index is 10.4. The highest BCUT2D eigenvalue weighted by Crippen LogP contribution is 2.09. The van der Waals surface area contributed by atoms with Gasteiger partial charge in [-0.2, -0.15) is 10.4 Å². The predicted molar refractivity (Wildman–Crippen MR) is 57.6 cm³/mol. The van der Waals surface area contributed by atoms with Gasteiger partial charge in [-0.1, -0.05) is 12.8 Å². The van der Waals surface area contributed by atoms with Crippen LogP contribution in [0.2, 0.25) is 0 Å². The predicted octanol–water partition coefficient (Wildman–Crippen LogP) is 2.27. The number of nitrogens with zero attached hydrogens (tertiary/aromatic N) is 4. The molecular formula is C10H14N4O2. The van der Waals surface area contributed by atoms with E-state index in [1.54, 1.807) is 4.68 Å². The quantitative estimate of drug-likeness (QED) is 0.402. The fraction of sp³-hybridized carbons (Fsp3) is 0.600. The van der Waals surface area contributed by atoms with Crippen LogP contribution in [0.5, 0.6) is 0 Å². The van der Waals surface area contributed by atoms with Crippen LogP contribution in [0.25, 0.3) is 0 Å². The minimum absolute atomic E-state index is 0.0319. The number of nitro groups is 1. The van der Waals surface area contributed by atoms with Gasteiger partial charge < -0.3 is 0 Å². The van der Waals surface area contributed by atoms with Gasteiger partial charge in [-0.15, -0.1) is 0 Å². The summed E-state index contributed by atoms with van der Waals surface area (Å²) in [5.41, 5.74) is 0.0319. The van der Waals surface area contributed by atoms with Gasteiger partial charge in [0.15, 0.2) is 0 Å². The van der Waals surface area contributed by atoms with Gasteiger partial charge >= 0.3 is 5.69 Å². The van der Waals surface area contributed by atoms with Crippen molar-refractivity contribution in [3.05, 3.63) is 22.5 Å². The molecule has 1 rings (SSSR count). The normalized spacial score (nSPS) is 9.94. The molecule has 6 nitrogen and oxygen atoms in total. The first kappa shape index (κ1) is 12.2. The molecule has 0 N–H and O–H groups in total. The van der Waals surface area contributed by atoms with Crippen molar-refractivity contribution in [2.24, 2.45) is 0 Å². The molecule has 0 aliphatic heterocycles. The van der Waals surface area contributed by atoms with Crippen LogP contribution >= 0.6 is 0 Å². The highest BCUT2D eigenvalue weighted by Gasteiger charge is 2.07. The van der Waals surface area contributed by atoms with E-state index in [-0.39, 0.29) is 5.69 Å². The number of hydrogen-bond acceptors (Lipinski definition) is 4. The van der Waals surface area contributed by atoms with E-state index in [2.05, 4.69) is 11.2 Å². The molecule has 0 aromatic carbocycles. The molecule has 0 saturated heterocycles. The van der Waals surface area contributed by atoms with E-state index in [0.29, 0.717) is 13.0 Å². The molecule has 0 fully saturated rings. The Bertz CT molecular complexity index is 380. The third-order valence-electron chi connectivity index (χ3n) is 2.26. The van der Waals surface area contributed by atoms with Crippen molar-refractivity contribution in [2.75, 3.05) is 0 Å². The Labute approximate surface area is 93.6 Å². The lowest BCUT2D eigenvalue weighted by atomic mass is 10.1. The summed E-state index contributed by atoms with van der Waals surface area (Å²) < 4.78 is 1.59. The fourth-order valence-corrected chi connectivity index (χ4v) is 1.40. The number of rotatable bonds is 7. The molecular weight excluding hydrogens is 208 g/mol. The second-order valence-corrected chi connectivity index (χ2v) is 3.54. The van der Waals surface area contributed by atoms with Gasteiger partial charge in [0, 0.05) is 13.0 Å². The summed E-state index contributed by atoms with van der Waals surface area (Å²) in [6.45, 7) is 0.695. The van der Waals surface area contributed by atoms with Crippen molar-refractivity contribution in [3.63, 3.8) is 0 Å². The Morgan fingerprint density at radius 3 is 2.81 bits per heavy atom. The Hall–Kier alpha value is -1.90. The van der Waals surface area contributed by atoms with E-state index in [4.69, 9.17) is 5.26 Å². The summed E-state index contributed by atoms with van der Waals surface area (Å²) in [6, 6.07) is 2.10. The minimum Gasteiger partial charge on any atom is -0.266 e. The molecule has 1 aromatic rings. The van der Waals surface area contributed by atoms with Crippen LogP contribution in [0.15, 0.2) is 12.4 Å². The summed E-state index contributed by atoms with van der Waals surface area (Å²) in [5, 5.41) is 22.6. The molecule has 0 bridgehead atoms. The maximum Gasteiger partial charge on any atom is 0.306 e. The number of nitriles is 1. The summed E-state index contributed by atoms with van der Waals surface area (Å²) in [7, 11) is 0. The first-order valence-corrected chi connectivity index (χ1v) is 5.28. The monoisotopic (exact) mass is 222 g/mol. The highest BCUT2D eigenvalue weighted by molar-refractivity contribution is 5.20. The number of aromatic nitrogens is 2. The highest BCUT2D eigenvalue weighted by atomic mass is 16.6. The molecule has 0 amide bonds. The summed E-state index contributed by atoms with van der Waals surface area (Å²) in [6.07, 6.45) is 7.21. The van der Waals surface area contributed by atoms with Gasteiger partial charge in [0.25, 0.3) is 0 Å². The van der Waals surface area contributed by atoms with Crippen molar-refractivity contribution >= 4 is 5.69 Å². The van der Waals surface area contributed by atoms with Gasteiger partial charge in [-0.3, -0.25) is 14.8 Å². The Kier molecular flexibility index (Phi) is 4.99. The van der Waals surface area contributed by atoms with Gasteiger partial charge in [0.1, 0.15) is 12.4 Å². The van der Waals surface area contributed by atoms with Crippen LogP contribution in [0, 0.1) is 21.4 Å². The molecule has 0 aliphatic carbocycles. The van der Waals surface area contributed by atoms with Gasteiger partial charge in [0.05, 0.1) is 11.0 Å². The van der Waals surface area contributed by atoms with Crippen LogP contribution in [-0.2, 0) is 6.54 Å². The van der Waals surface area contributed by atoms with Crippen molar-refractivity contribution in [2.45, 2.75) is 38.6 Å². The average Bonchev–Trinajstić information content (AvgIpc) is 2.72. The van der Waals surface area contributed by atoms with E-state index < -0.39 is 4.92 Å². The molecule has 0 atom stereocenters. The average molecular weight is 222 g/mol. The first-order chi connectivity index (χ1) is 7.74. The smallest absolute Gasteiger partial charge is 0.266 e. The zero-order valence-corrected chi connectivity index (χ0v) is 9.00. The van der Waals surface area contributed by atoms with Gasteiger partial charge in [0.2, 0.25) is 0 Å². The van der Waals surface area contributed by atoms with E-state index in [9.17, 15) is 10.1 Å². The lowest BCUT2D eigenvalue weighted by Crippen LogP contribution is -1.98. The van der Waals surface area contributed by atoms with Crippen molar-refractivity contribution in [1.82, 2.24) is 9.78 Å². The first-order valence-electron chi connectivity index (χ1n) is 5.28. The second kappa shape index (κ2) is 6.56. The van der Waals surface area contributed by atoms with Crippen molar-refractivity contribution in [3.8, 4) is 6.07 Å². The molecule has 16 heavy (non-hydrogen) atoms. The number of unbranched alkanes of at least 4 members (excludes halogenated alkanes) is 4. The summed E-state index contributed by atoms with van der Waals surface area (Å²) in [4.78, 5) is 9.94. The van der Waals surface area contributed by atoms with Crippen LogP contribution in [0.3, 0.4) is 0 Å². The van der Waals surface area contributed by atoms with Crippen LogP contribution in [-0.4, -0.2) is 14.7 Å². The summed E-state index contributed by atoms with van der Waals surface area (Å²) >= 11 is 0. The van der Waals surface area contributed by atoms with Crippen molar-refractivity contribution < 1.29 is 4.92 Å². The molecule has 0 saturated carbocycles.